The van der Waals surface area contributed by atoms with Gasteiger partial charge in [-0.3, -0.25) is 14.5 Å². The molecule has 1 heterocycles. The van der Waals surface area contributed by atoms with E-state index in [4.69, 9.17) is 4.74 Å². The minimum Gasteiger partial charge on any atom is -0.497 e. The summed E-state index contributed by atoms with van der Waals surface area (Å²) in [5.41, 5.74) is 2.68. The van der Waals surface area contributed by atoms with Crippen LogP contribution >= 0.6 is 11.8 Å². The van der Waals surface area contributed by atoms with Crippen LogP contribution in [0.2, 0.25) is 0 Å². The maximum absolute atomic E-state index is 13.3. The van der Waals surface area contributed by atoms with Crippen LogP contribution in [-0.4, -0.2) is 31.2 Å². The summed E-state index contributed by atoms with van der Waals surface area (Å²) in [6, 6.07) is 16.9. The number of carbonyl (C=O) groups excluding carboxylic acids is 2. The molecule has 1 aliphatic heterocycles. The van der Waals surface area contributed by atoms with E-state index < -0.39 is 11.2 Å². The molecule has 2 aromatic carbocycles. The van der Waals surface area contributed by atoms with E-state index in [0.29, 0.717) is 22.9 Å². The Bertz CT molecular complexity index is 991. The molecule has 2 amide bonds. The Morgan fingerprint density at radius 2 is 1.86 bits per heavy atom. The van der Waals surface area contributed by atoms with Crippen LogP contribution in [0, 0.1) is 18.3 Å². The first-order valence-electron chi connectivity index (χ1n) is 9.05. The first kappa shape index (κ1) is 20.5. The smallest absolute Gasteiger partial charge is 0.264 e. The Morgan fingerprint density at radius 3 is 2.41 bits per heavy atom. The van der Waals surface area contributed by atoms with Gasteiger partial charge in [0.2, 0.25) is 5.91 Å². The van der Waals surface area contributed by atoms with Gasteiger partial charge in [-0.15, -0.1) is 0 Å². The van der Waals surface area contributed by atoms with Crippen molar-refractivity contribution in [1.29, 1.82) is 5.26 Å². The third-order valence-corrected chi connectivity index (χ3v) is 5.87. The van der Waals surface area contributed by atoms with Crippen molar-refractivity contribution in [3.63, 3.8) is 0 Å². The fourth-order valence-corrected chi connectivity index (χ4v) is 4.32. The Labute approximate surface area is 174 Å². The second-order valence-electron chi connectivity index (χ2n) is 6.54. The normalized spacial score (nSPS) is 17.7. The summed E-state index contributed by atoms with van der Waals surface area (Å²) in [7, 11) is 3.03. The average molecular weight is 407 g/mol. The first-order valence-corrected chi connectivity index (χ1v) is 9.93. The molecule has 0 saturated carbocycles. The zero-order chi connectivity index (χ0) is 21.0. The largest absolute Gasteiger partial charge is 0.497 e. The van der Waals surface area contributed by atoms with E-state index in [1.165, 1.54) is 23.7 Å². The molecular formula is C22H21N3O3S. The van der Waals surface area contributed by atoms with Gasteiger partial charge >= 0.3 is 0 Å². The number of ether oxygens (including phenoxy) is 1. The van der Waals surface area contributed by atoms with Crippen LogP contribution in [0.4, 0.5) is 5.69 Å². The molecule has 0 radical (unpaired) electrons. The standard InChI is InChI=1S/C22H21N3O3S/c1-14-4-6-15(7-5-14)12-19-21(27)25(16-8-10-17(28-3)11-9-16)22(29-19)18(13-23)20(26)24-2/h4-11,19H,12H2,1-3H3,(H,24,26)/b22-18-. The molecule has 29 heavy (non-hydrogen) atoms. The molecule has 0 spiro atoms. The molecule has 0 aliphatic carbocycles. The lowest BCUT2D eigenvalue weighted by Crippen LogP contribution is -2.31. The van der Waals surface area contributed by atoms with Gasteiger partial charge in [-0.05, 0) is 43.2 Å². The number of nitrogens with one attached hydrogen (secondary N) is 1. The third-order valence-electron chi connectivity index (χ3n) is 4.60. The summed E-state index contributed by atoms with van der Waals surface area (Å²) >= 11 is 1.25. The molecule has 1 N–H and O–H groups in total. The highest BCUT2D eigenvalue weighted by Crippen LogP contribution is 2.42. The summed E-state index contributed by atoms with van der Waals surface area (Å²) < 4.78 is 5.18. The van der Waals surface area contributed by atoms with E-state index in [0.717, 1.165) is 11.1 Å². The fourth-order valence-electron chi connectivity index (χ4n) is 3.02. The summed E-state index contributed by atoms with van der Waals surface area (Å²) in [5.74, 6) is -0.0220. The lowest BCUT2D eigenvalue weighted by Gasteiger charge is -2.18. The van der Waals surface area contributed by atoms with Crippen LogP contribution in [0.5, 0.6) is 5.75 Å². The predicted molar refractivity (Wildman–Crippen MR) is 113 cm³/mol. The molecule has 7 heteroatoms. The summed E-state index contributed by atoms with van der Waals surface area (Å²) in [4.78, 5) is 27.0. The minimum atomic E-state index is -0.516. The number of thioether (sulfide) groups is 1. The summed E-state index contributed by atoms with van der Waals surface area (Å²) in [5, 5.41) is 12.0. The molecule has 0 bridgehead atoms. The van der Waals surface area contributed by atoms with Crippen LogP contribution in [0.25, 0.3) is 0 Å². The Kier molecular flexibility index (Phi) is 6.25. The van der Waals surface area contributed by atoms with Gasteiger partial charge in [-0.25, -0.2) is 0 Å². The van der Waals surface area contributed by atoms with Gasteiger partial charge in [0.1, 0.15) is 22.4 Å². The number of methoxy groups -OCH3 is 1. The second kappa shape index (κ2) is 8.84. The molecule has 1 atom stereocenters. The lowest BCUT2D eigenvalue weighted by molar-refractivity contribution is -0.117. The average Bonchev–Trinajstić information content (AvgIpc) is 3.05. The Balaban J connectivity index is 2.02. The first-order chi connectivity index (χ1) is 14.0. The highest BCUT2D eigenvalue weighted by Gasteiger charge is 2.40. The molecule has 1 aliphatic rings. The molecule has 0 aromatic heterocycles. The van der Waals surface area contributed by atoms with Crippen LogP contribution in [-0.2, 0) is 16.0 Å². The molecular weight excluding hydrogens is 386 g/mol. The number of aryl methyl sites for hydroxylation is 1. The monoisotopic (exact) mass is 407 g/mol. The summed E-state index contributed by atoms with van der Waals surface area (Å²) in [6.07, 6.45) is 0.506. The number of anilines is 1. The Hall–Kier alpha value is -3.24. The zero-order valence-corrected chi connectivity index (χ0v) is 17.2. The molecule has 148 valence electrons. The highest BCUT2D eigenvalue weighted by molar-refractivity contribution is 8.05. The second-order valence-corrected chi connectivity index (χ2v) is 7.73. The number of carbonyl (C=O) groups is 2. The van der Waals surface area contributed by atoms with E-state index in [2.05, 4.69) is 5.32 Å². The van der Waals surface area contributed by atoms with Crippen molar-refractivity contribution in [3.8, 4) is 11.8 Å². The number of hydrogen-bond donors (Lipinski definition) is 1. The maximum atomic E-state index is 13.3. The number of likely N-dealkylation sites (N-methyl/N-ethyl adjacent to an activating group) is 1. The number of rotatable bonds is 5. The highest BCUT2D eigenvalue weighted by atomic mass is 32.2. The van der Waals surface area contributed by atoms with E-state index in [9.17, 15) is 14.9 Å². The van der Waals surface area contributed by atoms with Crippen molar-refractivity contribution in [1.82, 2.24) is 5.32 Å². The van der Waals surface area contributed by atoms with Gasteiger partial charge in [0.05, 0.1) is 12.4 Å². The summed E-state index contributed by atoms with van der Waals surface area (Å²) in [6.45, 7) is 2.01. The van der Waals surface area contributed by atoms with Gasteiger partial charge in [0, 0.05) is 12.7 Å². The number of amides is 2. The minimum absolute atomic E-state index is 0.0759. The molecule has 1 saturated heterocycles. The lowest BCUT2D eigenvalue weighted by atomic mass is 10.1. The number of nitriles is 1. The van der Waals surface area contributed by atoms with E-state index >= 15 is 0 Å². The molecule has 1 fully saturated rings. The van der Waals surface area contributed by atoms with Crippen molar-refractivity contribution in [2.75, 3.05) is 19.1 Å². The molecule has 3 rings (SSSR count). The van der Waals surface area contributed by atoms with Gasteiger partial charge in [0.15, 0.2) is 0 Å². The van der Waals surface area contributed by atoms with E-state index in [1.54, 1.807) is 31.4 Å². The number of benzene rings is 2. The predicted octanol–water partition coefficient (Wildman–Crippen LogP) is 3.18. The van der Waals surface area contributed by atoms with Gasteiger partial charge < -0.3 is 10.1 Å². The van der Waals surface area contributed by atoms with Crippen molar-refractivity contribution in [3.05, 3.63) is 70.3 Å². The maximum Gasteiger partial charge on any atom is 0.264 e. The number of nitrogens with zero attached hydrogens (tertiary/aromatic N) is 2. The van der Waals surface area contributed by atoms with Crippen LogP contribution in [0.1, 0.15) is 11.1 Å². The SMILES string of the molecule is CNC(=O)/C(C#N)=C1\SC(Cc2ccc(C)cc2)C(=O)N1c1ccc(OC)cc1. The fraction of sp³-hybridized carbons (Fsp3) is 0.227. The van der Waals surface area contributed by atoms with E-state index in [-0.39, 0.29) is 11.5 Å². The van der Waals surface area contributed by atoms with Crippen LogP contribution < -0.4 is 15.0 Å². The van der Waals surface area contributed by atoms with Crippen molar-refractivity contribution < 1.29 is 14.3 Å². The zero-order valence-electron chi connectivity index (χ0n) is 16.4. The van der Waals surface area contributed by atoms with E-state index in [1.807, 2.05) is 37.3 Å². The van der Waals surface area contributed by atoms with Crippen molar-refractivity contribution in [2.45, 2.75) is 18.6 Å². The quantitative estimate of drug-likeness (QED) is 0.608. The van der Waals surface area contributed by atoms with Crippen molar-refractivity contribution in [2.24, 2.45) is 0 Å². The topological polar surface area (TPSA) is 82.4 Å². The van der Waals surface area contributed by atoms with Crippen molar-refractivity contribution >= 4 is 29.3 Å². The van der Waals surface area contributed by atoms with Crippen LogP contribution in [0.15, 0.2) is 59.1 Å². The van der Waals surface area contributed by atoms with Gasteiger partial charge in [0.25, 0.3) is 5.91 Å². The third kappa shape index (κ3) is 4.28. The molecule has 6 nitrogen and oxygen atoms in total. The number of hydrogen-bond acceptors (Lipinski definition) is 5. The van der Waals surface area contributed by atoms with Gasteiger partial charge in [-0.1, -0.05) is 41.6 Å². The van der Waals surface area contributed by atoms with Gasteiger partial charge in [-0.2, -0.15) is 5.26 Å². The Morgan fingerprint density at radius 1 is 1.21 bits per heavy atom. The molecule has 1 unspecified atom stereocenters. The molecule has 2 aromatic rings. The van der Waals surface area contributed by atoms with Crippen LogP contribution in [0.3, 0.4) is 0 Å².